The van der Waals surface area contributed by atoms with E-state index < -0.39 is 24.3 Å². The van der Waals surface area contributed by atoms with Crippen LogP contribution >= 0.6 is 0 Å². The predicted octanol–water partition coefficient (Wildman–Crippen LogP) is 2.78. The van der Waals surface area contributed by atoms with Crippen molar-refractivity contribution in [2.75, 3.05) is 18.5 Å². The van der Waals surface area contributed by atoms with Crippen molar-refractivity contribution < 1.29 is 28.6 Å². The smallest absolute Gasteiger partial charge is 0.341 e. The van der Waals surface area contributed by atoms with Gasteiger partial charge in [0.05, 0.1) is 6.61 Å². The van der Waals surface area contributed by atoms with Crippen LogP contribution in [0.2, 0.25) is 0 Å². The minimum Gasteiger partial charge on any atom is -0.492 e. The summed E-state index contributed by atoms with van der Waals surface area (Å²) in [6.07, 6.45) is 0.643. The van der Waals surface area contributed by atoms with E-state index >= 15 is 0 Å². The molecule has 2 aromatic rings. The van der Waals surface area contributed by atoms with Gasteiger partial charge in [-0.2, -0.15) is 0 Å². The van der Waals surface area contributed by atoms with E-state index in [2.05, 4.69) is 5.32 Å². The summed E-state index contributed by atoms with van der Waals surface area (Å²) in [5.74, 6) is -1.66. The number of ether oxygens (including phenoxy) is 2. The molecule has 0 radical (unpaired) electrons. The van der Waals surface area contributed by atoms with Gasteiger partial charge in [-0.1, -0.05) is 6.07 Å². The van der Waals surface area contributed by atoms with Crippen LogP contribution in [-0.4, -0.2) is 30.2 Å². The number of hydrogen-bond donors (Lipinski definition) is 2. The number of carbonyl (C=O) groups excluding carboxylic acids is 1. The molecule has 0 spiro atoms. The number of carboxylic acid groups (broad SMARTS) is 1. The van der Waals surface area contributed by atoms with Gasteiger partial charge in [-0.15, -0.1) is 0 Å². The molecule has 1 aliphatic heterocycles. The zero-order chi connectivity index (χ0) is 18.0. The van der Waals surface area contributed by atoms with Crippen LogP contribution in [0.1, 0.15) is 21.5 Å². The summed E-state index contributed by atoms with van der Waals surface area (Å²) in [4.78, 5) is 23.0. The second-order valence-corrected chi connectivity index (χ2v) is 5.62. The van der Waals surface area contributed by atoms with Gasteiger partial charge in [0.1, 0.15) is 22.9 Å². The molecule has 25 heavy (non-hydrogen) atoms. The maximum absolute atomic E-state index is 14.1. The molecule has 2 aromatic carbocycles. The minimum atomic E-state index is -1.08. The number of fused-ring (bicyclic) bond motifs is 1. The number of aliphatic carboxylic acids is 1. The van der Waals surface area contributed by atoms with Gasteiger partial charge in [-0.25, -0.2) is 9.18 Å². The summed E-state index contributed by atoms with van der Waals surface area (Å²) < 4.78 is 24.6. The highest BCUT2D eigenvalue weighted by atomic mass is 19.1. The summed E-state index contributed by atoms with van der Waals surface area (Å²) in [6, 6.07) is 7.59. The summed E-state index contributed by atoms with van der Waals surface area (Å²) in [5, 5.41) is 11.3. The number of hydrogen-bond acceptors (Lipinski definition) is 4. The molecule has 0 fully saturated rings. The molecule has 0 atom stereocenters. The van der Waals surface area contributed by atoms with E-state index in [1.807, 2.05) is 0 Å². The molecular formula is C18H16FNO5. The third kappa shape index (κ3) is 3.55. The second-order valence-electron chi connectivity index (χ2n) is 5.62. The summed E-state index contributed by atoms with van der Waals surface area (Å²) >= 11 is 0. The molecule has 0 aliphatic carbocycles. The highest BCUT2D eigenvalue weighted by molar-refractivity contribution is 6.07. The zero-order valence-electron chi connectivity index (χ0n) is 13.5. The Morgan fingerprint density at radius 1 is 1.32 bits per heavy atom. The number of halogens is 1. The number of carbonyl (C=O) groups is 2. The molecule has 1 amide bonds. The van der Waals surface area contributed by atoms with Gasteiger partial charge in [-0.05, 0) is 42.3 Å². The molecule has 7 heteroatoms. The summed E-state index contributed by atoms with van der Waals surface area (Å²) in [5.41, 5.74) is 1.83. The Morgan fingerprint density at radius 3 is 2.84 bits per heavy atom. The van der Waals surface area contributed by atoms with Gasteiger partial charge < -0.3 is 19.9 Å². The van der Waals surface area contributed by atoms with Crippen molar-refractivity contribution in [3.05, 3.63) is 52.8 Å². The highest BCUT2D eigenvalue weighted by Gasteiger charge is 2.25. The molecule has 2 N–H and O–H groups in total. The normalized spacial score (nSPS) is 12.2. The Hall–Kier alpha value is -3.09. The fourth-order valence-electron chi connectivity index (χ4n) is 2.63. The molecule has 0 bridgehead atoms. The quantitative estimate of drug-likeness (QED) is 0.870. The van der Waals surface area contributed by atoms with Crippen LogP contribution in [-0.2, 0) is 11.2 Å². The van der Waals surface area contributed by atoms with Crippen LogP contribution in [0.25, 0.3) is 0 Å². The molecule has 1 aliphatic rings. The fraction of sp³-hybridized carbons (Fsp3) is 0.222. The van der Waals surface area contributed by atoms with Crippen LogP contribution in [0, 0.1) is 12.7 Å². The number of rotatable bonds is 5. The molecule has 0 unspecified atom stereocenters. The lowest BCUT2D eigenvalue weighted by molar-refractivity contribution is -0.139. The van der Waals surface area contributed by atoms with E-state index in [1.54, 1.807) is 25.1 Å². The third-order valence-electron chi connectivity index (χ3n) is 3.84. The Morgan fingerprint density at radius 2 is 2.12 bits per heavy atom. The van der Waals surface area contributed by atoms with Crippen molar-refractivity contribution >= 4 is 17.6 Å². The predicted molar refractivity (Wildman–Crippen MR) is 87.9 cm³/mol. The van der Waals surface area contributed by atoms with Crippen molar-refractivity contribution in [3.8, 4) is 11.5 Å². The Kier molecular flexibility index (Phi) is 4.56. The highest BCUT2D eigenvalue weighted by Crippen LogP contribution is 2.32. The second kappa shape index (κ2) is 6.80. The lowest BCUT2D eigenvalue weighted by Gasteiger charge is -2.13. The largest absolute Gasteiger partial charge is 0.492 e. The van der Waals surface area contributed by atoms with Gasteiger partial charge in [0.15, 0.2) is 6.61 Å². The molecule has 130 valence electrons. The van der Waals surface area contributed by atoms with Crippen LogP contribution in [0.15, 0.2) is 30.3 Å². The van der Waals surface area contributed by atoms with E-state index in [1.165, 1.54) is 12.1 Å². The van der Waals surface area contributed by atoms with E-state index in [-0.39, 0.29) is 11.3 Å². The van der Waals surface area contributed by atoms with Crippen LogP contribution in [0.3, 0.4) is 0 Å². The van der Waals surface area contributed by atoms with E-state index in [4.69, 9.17) is 14.6 Å². The molecule has 6 nitrogen and oxygen atoms in total. The molecule has 1 heterocycles. The molecule has 0 saturated heterocycles. The number of anilines is 1. The molecule has 3 rings (SSSR count). The standard InChI is InChI=1S/C18H16FNO5/c1-10-8-12(25-9-15(21)22)3-5-14(10)20-18(23)16-13(19)4-2-11-6-7-24-17(11)16/h2-5,8H,6-7,9H2,1H3,(H,20,23)(H,21,22). The first kappa shape index (κ1) is 16.8. The van der Waals surface area contributed by atoms with Crippen molar-refractivity contribution in [1.82, 2.24) is 0 Å². The SMILES string of the molecule is Cc1cc(OCC(=O)O)ccc1NC(=O)c1c(F)ccc2c1OCC2. The third-order valence-corrected chi connectivity index (χ3v) is 3.84. The Balaban J connectivity index is 1.80. The van der Waals surface area contributed by atoms with Crippen molar-refractivity contribution in [2.45, 2.75) is 13.3 Å². The number of aryl methyl sites for hydroxylation is 1. The van der Waals surface area contributed by atoms with Gasteiger partial charge in [0.25, 0.3) is 5.91 Å². The van der Waals surface area contributed by atoms with E-state index in [9.17, 15) is 14.0 Å². The lowest BCUT2D eigenvalue weighted by Crippen LogP contribution is -2.16. The first-order valence-corrected chi connectivity index (χ1v) is 7.66. The first-order valence-electron chi connectivity index (χ1n) is 7.66. The Bertz CT molecular complexity index is 850. The van der Waals surface area contributed by atoms with E-state index in [0.717, 1.165) is 5.56 Å². The van der Waals surface area contributed by atoms with Gasteiger partial charge in [0, 0.05) is 12.1 Å². The number of amides is 1. The molecule has 0 aromatic heterocycles. The number of benzene rings is 2. The average Bonchev–Trinajstić information content (AvgIpc) is 3.03. The van der Waals surface area contributed by atoms with Gasteiger partial charge in [-0.3, -0.25) is 4.79 Å². The Labute approximate surface area is 143 Å². The maximum atomic E-state index is 14.1. The van der Waals surface area contributed by atoms with Gasteiger partial charge in [0.2, 0.25) is 0 Å². The minimum absolute atomic E-state index is 0.111. The monoisotopic (exact) mass is 345 g/mol. The van der Waals surface area contributed by atoms with Crippen molar-refractivity contribution in [1.29, 1.82) is 0 Å². The average molecular weight is 345 g/mol. The lowest BCUT2D eigenvalue weighted by atomic mass is 10.1. The van der Waals surface area contributed by atoms with Gasteiger partial charge >= 0.3 is 5.97 Å². The van der Waals surface area contributed by atoms with Crippen molar-refractivity contribution in [2.24, 2.45) is 0 Å². The first-order chi connectivity index (χ1) is 12.0. The summed E-state index contributed by atoms with van der Waals surface area (Å²) in [6.45, 7) is 1.70. The zero-order valence-corrected chi connectivity index (χ0v) is 13.5. The summed E-state index contributed by atoms with van der Waals surface area (Å²) in [7, 11) is 0. The van der Waals surface area contributed by atoms with E-state index in [0.29, 0.717) is 30.0 Å². The van der Waals surface area contributed by atoms with Crippen LogP contribution in [0.4, 0.5) is 10.1 Å². The van der Waals surface area contributed by atoms with Crippen molar-refractivity contribution in [3.63, 3.8) is 0 Å². The van der Waals surface area contributed by atoms with Crippen LogP contribution in [0.5, 0.6) is 11.5 Å². The molecule has 0 saturated carbocycles. The van der Waals surface area contributed by atoms with Crippen LogP contribution < -0.4 is 14.8 Å². The topological polar surface area (TPSA) is 84.9 Å². The number of carboxylic acids is 1. The number of nitrogens with one attached hydrogen (secondary N) is 1. The molecular weight excluding hydrogens is 329 g/mol. The fourth-order valence-corrected chi connectivity index (χ4v) is 2.63. The maximum Gasteiger partial charge on any atom is 0.341 e.